The molecule has 4 heteroatoms. The summed E-state index contributed by atoms with van der Waals surface area (Å²) < 4.78 is 5.33. The van der Waals surface area contributed by atoms with E-state index in [9.17, 15) is 0 Å². The summed E-state index contributed by atoms with van der Waals surface area (Å²) in [6.45, 7) is 3.89. The predicted octanol–water partition coefficient (Wildman–Crippen LogP) is 5.88. The highest BCUT2D eigenvalue weighted by atomic mass is 16.5. The Balaban J connectivity index is 1.84. The van der Waals surface area contributed by atoms with E-state index in [1.54, 1.807) is 0 Å². The molecule has 114 valence electrons. The lowest BCUT2D eigenvalue weighted by Gasteiger charge is -1.94. The molecule has 0 bridgehead atoms. The third kappa shape index (κ3) is 3.80. The minimum absolute atomic E-state index is 0.599. The van der Waals surface area contributed by atoms with Crippen LogP contribution in [0.2, 0.25) is 0 Å². The molecule has 2 aromatic carbocycles. The van der Waals surface area contributed by atoms with Crippen LogP contribution in [0, 0.1) is 13.8 Å². The Kier molecular flexibility index (Phi) is 4.43. The van der Waals surface area contributed by atoms with Gasteiger partial charge in [-0.2, -0.15) is 5.11 Å². The summed E-state index contributed by atoms with van der Waals surface area (Å²) >= 11 is 0. The van der Waals surface area contributed by atoms with Crippen LogP contribution in [0.15, 0.2) is 69.3 Å². The van der Waals surface area contributed by atoms with E-state index in [4.69, 9.17) is 4.52 Å². The van der Waals surface area contributed by atoms with Crippen LogP contribution in [-0.4, -0.2) is 5.16 Å². The SMILES string of the molecule is Cc1ccc(N=Nc2c(C)noc2/C=C/c2ccccc2)cc1. The van der Waals surface area contributed by atoms with Crippen molar-refractivity contribution in [1.29, 1.82) is 0 Å². The highest BCUT2D eigenvalue weighted by Gasteiger charge is 2.09. The van der Waals surface area contributed by atoms with Gasteiger partial charge in [-0.25, -0.2) is 0 Å². The van der Waals surface area contributed by atoms with Crippen LogP contribution in [0.25, 0.3) is 12.2 Å². The summed E-state index contributed by atoms with van der Waals surface area (Å²) in [5, 5.41) is 12.5. The molecule has 0 fully saturated rings. The number of aryl methyl sites for hydroxylation is 2. The Morgan fingerprint density at radius 3 is 2.35 bits per heavy atom. The average molecular weight is 303 g/mol. The lowest BCUT2D eigenvalue weighted by Crippen LogP contribution is -1.72. The van der Waals surface area contributed by atoms with Crippen molar-refractivity contribution in [3.05, 3.63) is 77.2 Å². The highest BCUT2D eigenvalue weighted by molar-refractivity contribution is 5.73. The smallest absolute Gasteiger partial charge is 0.187 e. The molecule has 0 saturated carbocycles. The summed E-state index contributed by atoms with van der Waals surface area (Å²) in [6.07, 6.45) is 3.82. The quantitative estimate of drug-likeness (QED) is 0.565. The van der Waals surface area contributed by atoms with Crippen LogP contribution in [-0.2, 0) is 0 Å². The zero-order chi connectivity index (χ0) is 16.1. The van der Waals surface area contributed by atoms with Gasteiger partial charge in [0.05, 0.1) is 5.69 Å². The molecule has 0 aliphatic heterocycles. The first-order valence-electron chi connectivity index (χ1n) is 7.40. The van der Waals surface area contributed by atoms with Crippen LogP contribution in [0.4, 0.5) is 11.4 Å². The number of rotatable bonds is 4. The van der Waals surface area contributed by atoms with E-state index in [-0.39, 0.29) is 0 Å². The van der Waals surface area contributed by atoms with E-state index in [1.165, 1.54) is 5.56 Å². The van der Waals surface area contributed by atoms with Crippen LogP contribution in [0.1, 0.15) is 22.6 Å². The standard InChI is InChI=1S/C19H17N3O/c1-14-8-11-17(12-9-14)20-21-19-15(2)22-23-18(19)13-10-16-6-4-3-5-7-16/h3-13H,1-2H3/b13-10+,21-20?. The number of hydrogen-bond donors (Lipinski definition) is 0. The van der Waals surface area contributed by atoms with Crippen LogP contribution in [0.5, 0.6) is 0 Å². The molecule has 0 unspecified atom stereocenters. The number of nitrogens with zero attached hydrogens (tertiary/aromatic N) is 3. The largest absolute Gasteiger partial charge is 0.354 e. The number of benzene rings is 2. The molecule has 0 radical (unpaired) electrons. The van der Waals surface area contributed by atoms with E-state index in [2.05, 4.69) is 15.4 Å². The summed E-state index contributed by atoms with van der Waals surface area (Å²) in [4.78, 5) is 0. The normalized spacial score (nSPS) is 11.6. The summed E-state index contributed by atoms with van der Waals surface area (Å²) in [5.41, 5.74) is 4.44. The molecule has 0 aliphatic carbocycles. The Morgan fingerprint density at radius 1 is 0.870 bits per heavy atom. The molecule has 0 atom stereocenters. The third-order valence-electron chi connectivity index (χ3n) is 3.38. The monoisotopic (exact) mass is 303 g/mol. The molecule has 0 amide bonds. The number of aromatic nitrogens is 1. The van der Waals surface area contributed by atoms with E-state index >= 15 is 0 Å². The maximum Gasteiger partial charge on any atom is 0.187 e. The lowest BCUT2D eigenvalue weighted by atomic mass is 10.2. The second kappa shape index (κ2) is 6.83. The molecule has 3 aromatic rings. The highest BCUT2D eigenvalue weighted by Crippen LogP contribution is 2.27. The Bertz CT molecular complexity index is 831. The zero-order valence-electron chi connectivity index (χ0n) is 13.1. The first-order chi connectivity index (χ1) is 11.2. The fraction of sp³-hybridized carbons (Fsp3) is 0.105. The van der Waals surface area contributed by atoms with Gasteiger partial charge in [0.15, 0.2) is 11.4 Å². The van der Waals surface area contributed by atoms with Gasteiger partial charge in [-0.05, 0) is 37.6 Å². The maximum absolute atomic E-state index is 5.33. The first-order valence-corrected chi connectivity index (χ1v) is 7.40. The number of hydrogen-bond acceptors (Lipinski definition) is 4. The minimum Gasteiger partial charge on any atom is -0.354 e. The van der Waals surface area contributed by atoms with Gasteiger partial charge in [-0.1, -0.05) is 59.3 Å². The van der Waals surface area contributed by atoms with Gasteiger partial charge in [0.1, 0.15) is 5.69 Å². The average Bonchev–Trinajstić information content (AvgIpc) is 2.93. The molecular weight excluding hydrogens is 286 g/mol. The molecule has 0 N–H and O–H groups in total. The first kappa shape index (κ1) is 14.9. The summed E-state index contributed by atoms with van der Waals surface area (Å²) in [6, 6.07) is 17.9. The van der Waals surface area contributed by atoms with Crippen LogP contribution >= 0.6 is 0 Å². The van der Waals surface area contributed by atoms with Crippen LogP contribution in [0.3, 0.4) is 0 Å². The van der Waals surface area contributed by atoms with Gasteiger partial charge in [0.25, 0.3) is 0 Å². The summed E-state index contributed by atoms with van der Waals surface area (Å²) in [7, 11) is 0. The van der Waals surface area contributed by atoms with E-state index < -0.39 is 0 Å². The molecule has 1 aromatic heterocycles. The van der Waals surface area contributed by atoms with Crippen molar-refractivity contribution >= 4 is 23.5 Å². The van der Waals surface area contributed by atoms with Crippen molar-refractivity contribution in [2.24, 2.45) is 10.2 Å². The van der Waals surface area contributed by atoms with Crippen LogP contribution < -0.4 is 0 Å². The van der Waals surface area contributed by atoms with Crippen molar-refractivity contribution in [3.63, 3.8) is 0 Å². The molecular formula is C19H17N3O. The van der Waals surface area contributed by atoms with E-state index in [1.807, 2.05) is 80.6 Å². The third-order valence-corrected chi connectivity index (χ3v) is 3.38. The Hall–Kier alpha value is -3.01. The van der Waals surface area contributed by atoms with Gasteiger partial charge in [-0.3, -0.25) is 0 Å². The predicted molar refractivity (Wildman–Crippen MR) is 92.0 cm³/mol. The van der Waals surface area contributed by atoms with Crippen molar-refractivity contribution in [2.45, 2.75) is 13.8 Å². The minimum atomic E-state index is 0.599. The van der Waals surface area contributed by atoms with Gasteiger partial charge < -0.3 is 4.52 Å². The second-order valence-electron chi connectivity index (χ2n) is 5.26. The molecule has 0 saturated heterocycles. The lowest BCUT2D eigenvalue weighted by molar-refractivity contribution is 0.408. The Labute approximate surface area is 135 Å². The van der Waals surface area contributed by atoms with Crippen molar-refractivity contribution in [3.8, 4) is 0 Å². The van der Waals surface area contributed by atoms with Gasteiger partial charge in [0.2, 0.25) is 0 Å². The molecule has 23 heavy (non-hydrogen) atoms. The molecule has 0 aliphatic rings. The Morgan fingerprint density at radius 2 is 1.61 bits per heavy atom. The molecule has 1 heterocycles. The second-order valence-corrected chi connectivity index (χ2v) is 5.26. The molecule has 0 spiro atoms. The van der Waals surface area contributed by atoms with Gasteiger partial charge in [-0.15, -0.1) is 5.11 Å². The van der Waals surface area contributed by atoms with Gasteiger partial charge in [0, 0.05) is 0 Å². The molecule has 4 nitrogen and oxygen atoms in total. The fourth-order valence-electron chi connectivity index (χ4n) is 2.07. The number of azo groups is 1. The fourth-order valence-corrected chi connectivity index (χ4v) is 2.07. The molecule has 3 rings (SSSR count). The van der Waals surface area contributed by atoms with Gasteiger partial charge >= 0.3 is 0 Å². The maximum atomic E-state index is 5.33. The van der Waals surface area contributed by atoms with Crippen molar-refractivity contribution < 1.29 is 4.52 Å². The van der Waals surface area contributed by atoms with Crippen molar-refractivity contribution in [2.75, 3.05) is 0 Å². The van der Waals surface area contributed by atoms with Crippen molar-refractivity contribution in [1.82, 2.24) is 5.16 Å². The van der Waals surface area contributed by atoms with E-state index in [0.717, 1.165) is 11.3 Å². The topological polar surface area (TPSA) is 50.8 Å². The zero-order valence-corrected chi connectivity index (χ0v) is 13.1. The van der Waals surface area contributed by atoms with E-state index in [0.29, 0.717) is 17.1 Å². The summed E-state index contributed by atoms with van der Waals surface area (Å²) in [5.74, 6) is 0.599.